The number of thiophene rings is 1. The molecule has 4 nitrogen and oxygen atoms in total. The van der Waals surface area contributed by atoms with Crippen LogP contribution in [0.4, 0.5) is 0 Å². The zero-order valence-electron chi connectivity index (χ0n) is 12.6. The number of fused-ring (bicyclic) bond motifs is 3. The van der Waals surface area contributed by atoms with E-state index in [9.17, 15) is 0 Å². The summed E-state index contributed by atoms with van der Waals surface area (Å²) in [6.07, 6.45) is 0. The number of aliphatic imine (C=N–C) groups is 2. The Morgan fingerprint density at radius 1 is 0.739 bits per heavy atom. The highest BCUT2D eigenvalue weighted by Gasteiger charge is 2.13. The van der Waals surface area contributed by atoms with E-state index in [2.05, 4.69) is 57.0 Å². The molecular weight excluding hydrogens is 304 g/mol. The van der Waals surface area contributed by atoms with E-state index in [1.165, 1.54) is 31.3 Å². The fourth-order valence-electron chi connectivity index (χ4n) is 3.25. The van der Waals surface area contributed by atoms with Crippen LogP contribution in [0.2, 0.25) is 0 Å². The van der Waals surface area contributed by atoms with Gasteiger partial charge in [0.15, 0.2) is 0 Å². The fraction of sp³-hybridized carbons (Fsp3) is 0.222. The monoisotopic (exact) mass is 320 g/mol. The topological polar surface area (TPSA) is 48.8 Å². The summed E-state index contributed by atoms with van der Waals surface area (Å²) >= 11 is 1.84. The van der Waals surface area contributed by atoms with Crippen LogP contribution in [0.1, 0.15) is 11.1 Å². The second-order valence-electron chi connectivity index (χ2n) is 5.84. The van der Waals surface area contributed by atoms with Gasteiger partial charge in [-0.1, -0.05) is 0 Å². The van der Waals surface area contributed by atoms with Gasteiger partial charge in [0, 0.05) is 44.4 Å². The summed E-state index contributed by atoms with van der Waals surface area (Å²) in [4.78, 5) is 9.08. The van der Waals surface area contributed by atoms with E-state index in [-0.39, 0.29) is 0 Å². The Balaban J connectivity index is 1.70. The van der Waals surface area contributed by atoms with Crippen molar-refractivity contribution in [3.63, 3.8) is 0 Å². The first-order valence-electron chi connectivity index (χ1n) is 7.92. The molecule has 0 fully saturated rings. The molecule has 0 atom stereocenters. The molecule has 0 radical (unpaired) electrons. The molecule has 5 heteroatoms. The van der Waals surface area contributed by atoms with Gasteiger partial charge >= 0.3 is 0 Å². The summed E-state index contributed by atoms with van der Waals surface area (Å²) < 4.78 is 2.64. The van der Waals surface area contributed by atoms with Gasteiger partial charge in [-0.3, -0.25) is 9.98 Å². The maximum atomic E-state index is 4.54. The van der Waals surface area contributed by atoms with E-state index in [0.29, 0.717) is 0 Å². The maximum absolute atomic E-state index is 4.54. The van der Waals surface area contributed by atoms with Gasteiger partial charge in [0.2, 0.25) is 0 Å². The van der Waals surface area contributed by atoms with Crippen LogP contribution in [0.3, 0.4) is 0 Å². The van der Waals surface area contributed by atoms with Crippen molar-refractivity contribution >= 4 is 43.2 Å². The van der Waals surface area contributed by atoms with Crippen molar-refractivity contribution in [3.8, 4) is 0 Å². The Morgan fingerprint density at radius 2 is 1.26 bits per heavy atom. The Morgan fingerprint density at radius 3 is 1.70 bits per heavy atom. The first-order valence-corrected chi connectivity index (χ1v) is 8.74. The van der Waals surface area contributed by atoms with E-state index in [0.717, 1.165) is 37.9 Å². The standard InChI is InChI=1S/C18H16N4S/c1-3-15-13(9-11(1)17-19-5-6-20-17)14-10-12(2-4-16(14)23-15)18-21-7-8-22-18/h1-4,9-10H,5-8H2,(H,19,20)(H,21,22). The minimum Gasteiger partial charge on any atom is -0.368 e. The van der Waals surface area contributed by atoms with Crippen molar-refractivity contribution in [2.45, 2.75) is 0 Å². The van der Waals surface area contributed by atoms with Gasteiger partial charge < -0.3 is 10.6 Å². The average molecular weight is 320 g/mol. The van der Waals surface area contributed by atoms with Crippen molar-refractivity contribution in [1.29, 1.82) is 0 Å². The third kappa shape index (κ3) is 2.11. The van der Waals surface area contributed by atoms with Crippen LogP contribution in [-0.4, -0.2) is 37.9 Å². The summed E-state index contributed by atoms with van der Waals surface area (Å²) in [5, 5.41) is 9.33. The third-order valence-electron chi connectivity index (χ3n) is 4.36. The third-order valence-corrected chi connectivity index (χ3v) is 5.52. The molecular formula is C18H16N4S. The molecule has 3 aromatic rings. The Hall–Kier alpha value is -2.40. The second kappa shape index (κ2) is 5.06. The summed E-state index contributed by atoms with van der Waals surface area (Å²) in [5.41, 5.74) is 2.35. The lowest BCUT2D eigenvalue weighted by molar-refractivity contribution is 0.960. The number of amidine groups is 2. The largest absolute Gasteiger partial charge is 0.368 e. The average Bonchev–Trinajstić information content (AvgIpc) is 3.33. The van der Waals surface area contributed by atoms with Crippen LogP contribution in [-0.2, 0) is 0 Å². The molecule has 2 aliphatic heterocycles. The van der Waals surface area contributed by atoms with E-state index in [1.54, 1.807) is 0 Å². The number of benzene rings is 2. The smallest absolute Gasteiger partial charge is 0.128 e. The van der Waals surface area contributed by atoms with E-state index < -0.39 is 0 Å². The van der Waals surface area contributed by atoms with E-state index in [1.807, 2.05) is 11.3 Å². The molecule has 2 aliphatic rings. The summed E-state index contributed by atoms with van der Waals surface area (Å²) in [6.45, 7) is 3.61. The number of nitrogens with zero attached hydrogens (tertiary/aromatic N) is 2. The van der Waals surface area contributed by atoms with Crippen LogP contribution >= 0.6 is 11.3 Å². The number of hydrogen-bond donors (Lipinski definition) is 2. The zero-order valence-corrected chi connectivity index (χ0v) is 13.4. The maximum Gasteiger partial charge on any atom is 0.128 e. The predicted molar refractivity (Wildman–Crippen MR) is 98.1 cm³/mol. The van der Waals surface area contributed by atoms with Gasteiger partial charge in [-0.15, -0.1) is 11.3 Å². The van der Waals surface area contributed by atoms with Crippen LogP contribution in [0.5, 0.6) is 0 Å². The lowest BCUT2D eigenvalue weighted by Gasteiger charge is -2.04. The van der Waals surface area contributed by atoms with Gasteiger partial charge in [-0.25, -0.2) is 0 Å². The predicted octanol–water partition coefficient (Wildman–Crippen LogP) is 2.75. The van der Waals surface area contributed by atoms with Crippen LogP contribution in [0, 0.1) is 0 Å². The lowest BCUT2D eigenvalue weighted by Crippen LogP contribution is -2.19. The summed E-state index contributed by atoms with van der Waals surface area (Å²) in [5.74, 6) is 2.04. The minimum absolute atomic E-state index is 0.868. The summed E-state index contributed by atoms with van der Waals surface area (Å²) in [7, 11) is 0. The highest BCUT2D eigenvalue weighted by atomic mass is 32.1. The van der Waals surface area contributed by atoms with Crippen molar-refractivity contribution in [1.82, 2.24) is 10.6 Å². The Bertz CT molecular complexity index is 905. The first kappa shape index (κ1) is 13.1. The number of hydrogen-bond acceptors (Lipinski definition) is 5. The quantitative estimate of drug-likeness (QED) is 0.763. The van der Waals surface area contributed by atoms with Crippen molar-refractivity contribution in [2.24, 2.45) is 9.98 Å². The molecule has 0 aliphatic carbocycles. The van der Waals surface area contributed by atoms with E-state index >= 15 is 0 Å². The van der Waals surface area contributed by atoms with Gasteiger partial charge in [-0.2, -0.15) is 0 Å². The fourth-order valence-corrected chi connectivity index (χ4v) is 4.32. The Kier molecular flexibility index (Phi) is 2.88. The summed E-state index contributed by atoms with van der Waals surface area (Å²) in [6, 6.07) is 13.3. The molecule has 0 unspecified atom stereocenters. The normalized spacial score (nSPS) is 17.2. The zero-order chi connectivity index (χ0) is 15.2. The van der Waals surface area contributed by atoms with Crippen LogP contribution < -0.4 is 10.6 Å². The second-order valence-corrected chi connectivity index (χ2v) is 6.92. The number of rotatable bonds is 2. The van der Waals surface area contributed by atoms with Gasteiger partial charge in [0.05, 0.1) is 13.1 Å². The molecule has 5 rings (SSSR count). The molecule has 0 amide bonds. The van der Waals surface area contributed by atoms with E-state index in [4.69, 9.17) is 0 Å². The molecule has 3 heterocycles. The SMILES string of the molecule is c1cc2sc3ccc(C4=NCCN4)cc3c2cc1C1=NCCN1. The van der Waals surface area contributed by atoms with Crippen molar-refractivity contribution < 1.29 is 0 Å². The molecule has 23 heavy (non-hydrogen) atoms. The number of nitrogens with one attached hydrogen (secondary N) is 2. The molecule has 2 N–H and O–H groups in total. The molecule has 114 valence electrons. The van der Waals surface area contributed by atoms with Crippen LogP contribution in [0.15, 0.2) is 46.4 Å². The minimum atomic E-state index is 0.868. The Labute approximate surface area is 138 Å². The molecule has 0 bridgehead atoms. The van der Waals surface area contributed by atoms with Crippen molar-refractivity contribution in [2.75, 3.05) is 26.2 Å². The lowest BCUT2D eigenvalue weighted by atomic mass is 10.1. The first-order chi connectivity index (χ1) is 11.4. The highest BCUT2D eigenvalue weighted by Crippen LogP contribution is 2.35. The highest BCUT2D eigenvalue weighted by molar-refractivity contribution is 7.25. The molecule has 0 spiro atoms. The van der Waals surface area contributed by atoms with Crippen molar-refractivity contribution in [3.05, 3.63) is 47.5 Å². The molecule has 2 aromatic carbocycles. The molecule has 0 saturated heterocycles. The molecule has 0 saturated carbocycles. The van der Waals surface area contributed by atoms with Gasteiger partial charge in [0.1, 0.15) is 11.7 Å². The van der Waals surface area contributed by atoms with Crippen LogP contribution in [0.25, 0.3) is 20.2 Å². The molecule has 1 aromatic heterocycles. The van der Waals surface area contributed by atoms with Gasteiger partial charge in [-0.05, 0) is 36.4 Å². The van der Waals surface area contributed by atoms with Gasteiger partial charge in [0.25, 0.3) is 0 Å².